The van der Waals surface area contributed by atoms with E-state index in [-0.39, 0.29) is 75.0 Å². The molecule has 13 N–H and O–H groups in total. The van der Waals surface area contributed by atoms with Crippen LogP contribution in [0.15, 0.2) is 58.8 Å². The first kappa shape index (κ1) is 50.9. The largest absolute Gasteiger partial charge is 0.497 e. The third kappa shape index (κ3) is 17.5. The molecule has 0 fully saturated rings. The number of unbranched alkanes of at least 4 members (excludes halogenated alkanes) is 2. The van der Waals surface area contributed by atoms with Gasteiger partial charge in [-0.15, -0.1) is 0 Å². The molecule has 4 amide bonds. The summed E-state index contributed by atoms with van der Waals surface area (Å²) >= 11 is 0. The molecule has 2 aromatic heterocycles. The van der Waals surface area contributed by atoms with Crippen LogP contribution in [-0.2, 0) is 32.0 Å². The zero-order valence-electron chi connectivity index (χ0n) is 36.9. The molecule has 4 rings (SSSR count). The molecule has 0 aliphatic carbocycles. The number of ether oxygens (including phenoxy) is 2. The molecule has 0 bridgehead atoms. The Labute approximate surface area is 379 Å². The number of nitrogens with two attached hydrogens (primary N) is 2. The first-order chi connectivity index (χ1) is 31.8. The highest BCUT2D eigenvalue weighted by Gasteiger charge is 2.23. The zero-order valence-corrected chi connectivity index (χ0v) is 36.9. The molecule has 25 heteroatoms. The monoisotopic (exact) mass is 921 g/mol. The summed E-state index contributed by atoms with van der Waals surface area (Å²) in [5.41, 5.74) is 17.6. The molecule has 0 radical (unpaired) electrons. The number of amides is 4. The van der Waals surface area contributed by atoms with Crippen LogP contribution in [0.5, 0.6) is 11.5 Å². The number of hydrogen-bond donors (Lipinski definition) is 11. The Morgan fingerprint density at radius 2 is 1.11 bits per heavy atom. The van der Waals surface area contributed by atoms with Crippen molar-refractivity contribution in [1.29, 1.82) is 0 Å². The van der Waals surface area contributed by atoms with Gasteiger partial charge in [-0.1, -0.05) is 17.3 Å². The number of nitrogens with zero attached hydrogens (tertiary/aromatic N) is 4. The summed E-state index contributed by atoms with van der Waals surface area (Å²) in [6, 6.07) is 9.15. The Bertz CT molecular complexity index is 2170. The fourth-order valence-corrected chi connectivity index (χ4v) is 6.89. The summed E-state index contributed by atoms with van der Waals surface area (Å²) in [4.78, 5) is 88.2. The van der Waals surface area contributed by atoms with E-state index in [0.29, 0.717) is 50.4 Å². The lowest BCUT2D eigenvalue weighted by molar-refractivity contribution is -0.525. The van der Waals surface area contributed by atoms with E-state index in [1.165, 1.54) is 0 Å². The molecule has 0 saturated carbocycles. The summed E-state index contributed by atoms with van der Waals surface area (Å²) < 4.78 is 10.6. The molecule has 2 heterocycles. The van der Waals surface area contributed by atoms with Gasteiger partial charge in [0.1, 0.15) is 23.6 Å². The maximum Gasteiger partial charge on any atom is 0.251 e. The lowest BCUT2D eigenvalue weighted by Crippen LogP contribution is -2.48. The summed E-state index contributed by atoms with van der Waals surface area (Å²) in [5.74, 6) is -1.01. The van der Waals surface area contributed by atoms with Gasteiger partial charge >= 0.3 is 0 Å². The second-order valence-electron chi connectivity index (χ2n) is 15.0. The van der Waals surface area contributed by atoms with Crippen molar-refractivity contribution in [3.05, 3.63) is 80.1 Å². The third-order valence-corrected chi connectivity index (χ3v) is 10.2. The minimum atomic E-state index is -0.908. The molecule has 0 aliphatic rings. The molecule has 0 unspecified atom stereocenters. The molecular formula is C41H59N15O10. The molecule has 4 aromatic rings. The van der Waals surface area contributed by atoms with Gasteiger partial charge in [-0.3, -0.25) is 19.2 Å². The number of hydrogen-bond acceptors (Lipinski definition) is 13. The number of methoxy groups -OCH3 is 2. The van der Waals surface area contributed by atoms with Crippen LogP contribution in [0.4, 0.5) is 0 Å². The van der Waals surface area contributed by atoms with Crippen molar-refractivity contribution in [1.82, 2.24) is 47.4 Å². The van der Waals surface area contributed by atoms with Gasteiger partial charge in [-0.2, -0.15) is 0 Å². The van der Waals surface area contributed by atoms with Crippen molar-refractivity contribution in [3.8, 4) is 11.5 Å². The number of aliphatic imine (C=N–C) groups is 2. The van der Waals surface area contributed by atoms with E-state index in [9.17, 15) is 39.4 Å². The number of nitrogens with one attached hydrogen (secondary N) is 9. The van der Waals surface area contributed by atoms with Gasteiger partial charge in [0, 0.05) is 66.9 Å². The van der Waals surface area contributed by atoms with Gasteiger partial charge in [-0.25, -0.2) is 30.2 Å². The highest BCUT2D eigenvalue weighted by Crippen LogP contribution is 2.25. The Balaban J connectivity index is 1.19. The molecule has 66 heavy (non-hydrogen) atoms. The Morgan fingerprint density at radius 1 is 0.652 bits per heavy atom. The smallest absolute Gasteiger partial charge is 0.251 e. The van der Waals surface area contributed by atoms with E-state index in [1.807, 2.05) is 24.3 Å². The van der Waals surface area contributed by atoms with Crippen LogP contribution in [0.3, 0.4) is 0 Å². The van der Waals surface area contributed by atoms with Gasteiger partial charge in [0.15, 0.2) is 10.1 Å². The van der Waals surface area contributed by atoms with Crippen LogP contribution < -0.4 is 58.4 Å². The minimum absolute atomic E-state index is 0.000760. The van der Waals surface area contributed by atoms with Crippen molar-refractivity contribution in [3.63, 3.8) is 0 Å². The summed E-state index contributed by atoms with van der Waals surface area (Å²) in [6.45, 7) is 1.87. The molecule has 2 atom stereocenters. The number of benzene rings is 2. The number of nitro groups is 2. The van der Waals surface area contributed by atoms with Crippen LogP contribution >= 0.6 is 0 Å². The number of H-pyrrole nitrogens is 2. The predicted molar refractivity (Wildman–Crippen MR) is 245 cm³/mol. The van der Waals surface area contributed by atoms with E-state index < -0.39 is 28.1 Å². The van der Waals surface area contributed by atoms with Crippen molar-refractivity contribution < 1.29 is 38.7 Å². The molecule has 0 spiro atoms. The number of rotatable bonds is 29. The zero-order chi connectivity index (χ0) is 47.8. The molecule has 25 nitrogen and oxygen atoms in total. The summed E-state index contributed by atoms with van der Waals surface area (Å²) in [7, 11) is 3.11. The van der Waals surface area contributed by atoms with Crippen LogP contribution in [0.2, 0.25) is 0 Å². The van der Waals surface area contributed by atoms with E-state index in [0.717, 1.165) is 45.8 Å². The van der Waals surface area contributed by atoms with Gasteiger partial charge in [0.05, 0.1) is 27.1 Å². The molecule has 358 valence electrons. The van der Waals surface area contributed by atoms with Crippen LogP contribution in [0, 0.1) is 20.2 Å². The number of guanidine groups is 2. The number of aromatic amines is 2. The maximum atomic E-state index is 13.3. The fourth-order valence-electron chi connectivity index (χ4n) is 6.89. The maximum absolute atomic E-state index is 13.3. The first-order valence-corrected chi connectivity index (χ1v) is 21.3. The van der Waals surface area contributed by atoms with Gasteiger partial charge < -0.3 is 57.5 Å². The second kappa shape index (κ2) is 26.8. The van der Waals surface area contributed by atoms with E-state index in [1.54, 1.807) is 49.6 Å². The number of hydrazine groups is 2. The standard InChI is InChI=1S/C41H59N15O10/c1-65-28-10-12-32-30(22-28)26(24-49-32)20-36(57)51-34(8-6-16-47-40(42)53-55(61)62)38(59)45-15-5-3-4-14-44-18-19-46-39(60)35(9-7-17-48-41(43)54-56(63)64)52-37(58)21-27-25-50-33-13-11-29(66-2)23-31(27)33/h10-13,22-25,34-35,44,49-50H,3-9,14-21H2,1-2H3,(H,45,59)(H,46,60)(H,51,57)(H,52,58)(H3,42,47,53)(H3,43,48,54)/t34-,35-/m1/s1. The Morgan fingerprint density at radius 3 is 1.56 bits per heavy atom. The highest BCUT2D eigenvalue weighted by atomic mass is 16.7. The Hall–Kier alpha value is -7.70. The fraction of sp³-hybridized carbons (Fsp3) is 0.463. The number of fused-ring (bicyclic) bond motifs is 2. The molecule has 2 aromatic carbocycles. The van der Waals surface area contributed by atoms with Gasteiger partial charge in [-0.05, 0) is 92.6 Å². The predicted octanol–water partition coefficient (Wildman–Crippen LogP) is 0.166. The quantitative estimate of drug-likeness (QED) is 0.0114. The number of carbonyl (C=O) groups is 4. The lowest BCUT2D eigenvalue weighted by Gasteiger charge is -2.19. The average Bonchev–Trinajstić information content (AvgIpc) is 3.87. The van der Waals surface area contributed by atoms with Gasteiger partial charge in [0.2, 0.25) is 23.6 Å². The van der Waals surface area contributed by atoms with Crippen molar-refractivity contribution >= 4 is 57.4 Å². The summed E-state index contributed by atoms with van der Waals surface area (Å²) in [5, 5.41) is 35.8. The normalized spacial score (nSPS) is 12.5. The van der Waals surface area contributed by atoms with Crippen molar-refractivity contribution in [2.45, 2.75) is 69.9 Å². The SMILES string of the molecule is COc1ccc2[nH]cc(CC(=O)N[C@H](CCCN=C(N)N[N+](=O)[O-])C(=O)NCCCCCNCCNC(=O)[C@@H](CCCN=C(N)N[N+](=O)[O-])NC(=O)Cc3c[nH]c4ccc(OC)cc34)c2c1. The Kier molecular flexibility index (Phi) is 20.7. The first-order valence-electron chi connectivity index (χ1n) is 21.3. The van der Waals surface area contributed by atoms with E-state index >= 15 is 0 Å². The van der Waals surface area contributed by atoms with Gasteiger partial charge in [0.25, 0.3) is 11.9 Å². The molecule has 0 saturated heterocycles. The average molecular weight is 922 g/mol. The van der Waals surface area contributed by atoms with Crippen molar-refractivity contribution in [2.75, 3.05) is 53.5 Å². The van der Waals surface area contributed by atoms with Crippen LogP contribution in [-0.4, -0.2) is 121 Å². The van der Waals surface area contributed by atoms with Crippen LogP contribution in [0.25, 0.3) is 21.8 Å². The van der Waals surface area contributed by atoms with E-state index in [4.69, 9.17) is 20.9 Å². The third-order valence-electron chi connectivity index (χ3n) is 10.2. The van der Waals surface area contributed by atoms with E-state index in [2.05, 4.69) is 46.5 Å². The second-order valence-corrected chi connectivity index (χ2v) is 15.0. The molecular weight excluding hydrogens is 863 g/mol. The highest BCUT2D eigenvalue weighted by molar-refractivity contribution is 5.93. The van der Waals surface area contributed by atoms with Crippen molar-refractivity contribution in [2.24, 2.45) is 21.5 Å². The number of aromatic nitrogens is 2. The van der Waals surface area contributed by atoms with Crippen LogP contribution in [0.1, 0.15) is 56.1 Å². The summed E-state index contributed by atoms with van der Waals surface area (Å²) in [6.07, 6.45) is 6.66. The topological polar surface area (TPSA) is 366 Å². The minimum Gasteiger partial charge on any atom is -0.497 e. The lowest BCUT2D eigenvalue weighted by atomic mass is 10.1. The number of carbonyl (C=O) groups excluding carboxylic acids is 4. The molecule has 0 aliphatic heterocycles.